The highest BCUT2D eigenvalue weighted by atomic mass is 32.2. The van der Waals surface area contributed by atoms with Crippen molar-refractivity contribution in [2.75, 3.05) is 19.1 Å². The fourth-order valence-corrected chi connectivity index (χ4v) is 1.75. The first-order valence-electron chi connectivity index (χ1n) is 3.94. The van der Waals surface area contributed by atoms with Crippen LogP contribution in [0, 0.1) is 0 Å². The van der Waals surface area contributed by atoms with E-state index in [1.54, 1.807) is 23.6 Å². The van der Waals surface area contributed by atoms with Crippen LogP contribution in [0.4, 0.5) is 0 Å². The molecule has 0 saturated heterocycles. The minimum Gasteiger partial charge on any atom is -0.341 e. The van der Waals surface area contributed by atoms with Gasteiger partial charge in [0.15, 0.2) is 0 Å². The number of rotatable bonds is 4. The largest absolute Gasteiger partial charge is 0.341 e. The van der Waals surface area contributed by atoms with E-state index in [0.717, 1.165) is 5.75 Å². The molecule has 0 aliphatic carbocycles. The molecule has 0 aliphatic heterocycles. The number of carbonyl (C=O) groups excluding carboxylic acids is 1. The molecule has 0 rings (SSSR count). The van der Waals surface area contributed by atoms with Crippen molar-refractivity contribution < 1.29 is 4.79 Å². The fourth-order valence-electron chi connectivity index (χ4n) is 0.865. The molecular formula is C8H17NOS2. The van der Waals surface area contributed by atoms with E-state index in [1.807, 2.05) is 20.2 Å². The highest BCUT2D eigenvalue weighted by Crippen LogP contribution is 2.07. The summed E-state index contributed by atoms with van der Waals surface area (Å²) in [5, 5.41) is -0.195. The lowest BCUT2D eigenvalue weighted by Gasteiger charge is -2.25. The molecule has 0 heterocycles. The molecule has 4 heteroatoms. The SMILES string of the molecule is CSCC(C)N(C)C(=O)C(C)S. The van der Waals surface area contributed by atoms with Crippen LogP contribution in [0.3, 0.4) is 0 Å². The maximum Gasteiger partial charge on any atom is 0.235 e. The molecule has 0 aromatic rings. The van der Waals surface area contributed by atoms with Gasteiger partial charge in [-0.3, -0.25) is 4.79 Å². The number of amides is 1. The van der Waals surface area contributed by atoms with Crippen LogP contribution in [0.1, 0.15) is 13.8 Å². The van der Waals surface area contributed by atoms with Crippen LogP contribution in [0.25, 0.3) is 0 Å². The fraction of sp³-hybridized carbons (Fsp3) is 0.875. The molecule has 0 spiro atoms. The molecule has 72 valence electrons. The molecule has 12 heavy (non-hydrogen) atoms. The van der Waals surface area contributed by atoms with E-state index in [-0.39, 0.29) is 11.2 Å². The Kier molecular flexibility index (Phi) is 5.84. The Bertz CT molecular complexity index is 150. The molecule has 2 atom stereocenters. The number of thiol groups is 1. The van der Waals surface area contributed by atoms with Gasteiger partial charge in [-0.2, -0.15) is 24.4 Å². The summed E-state index contributed by atoms with van der Waals surface area (Å²) in [5.74, 6) is 1.07. The minimum absolute atomic E-state index is 0.0971. The summed E-state index contributed by atoms with van der Waals surface area (Å²) in [6.45, 7) is 3.85. The van der Waals surface area contributed by atoms with Gasteiger partial charge in [0, 0.05) is 18.8 Å². The van der Waals surface area contributed by atoms with Gasteiger partial charge in [0.2, 0.25) is 5.91 Å². The van der Waals surface area contributed by atoms with Crippen molar-refractivity contribution in [2.45, 2.75) is 25.1 Å². The molecule has 0 fully saturated rings. The van der Waals surface area contributed by atoms with Crippen LogP contribution < -0.4 is 0 Å². The maximum absolute atomic E-state index is 11.4. The van der Waals surface area contributed by atoms with Crippen LogP contribution in [0.5, 0.6) is 0 Å². The first-order valence-corrected chi connectivity index (χ1v) is 5.85. The number of nitrogens with zero attached hydrogens (tertiary/aromatic N) is 1. The molecule has 0 aromatic carbocycles. The second-order valence-electron chi connectivity index (χ2n) is 2.93. The monoisotopic (exact) mass is 207 g/mol. The molecule has 0 saturated carbocycles. The zero-order valence-corrected chi connectivity index (χ0v) is 9.78. The molecule has 2 nitrogen and oxygen atoms in total. The summed E-state index contributed by atoms with van der Waals surface area (Å²) in [6, 6.07) is 0.294. The lowest BCUT2D eigenvalue weighted by atomic mass is 10.3. The number of hydrogen-bond acceptors (Lipinski definition) is 3. The molecule has 0 N–H and O–H groups in total. The van der Waals surface area contributed by atoms with Gasteiger partial charge >= 0.3 is 0 Å². The van der Waals surface area contributed by atoms with Crippen LogP contribution in [-0.4, -0.2) is 41.2 Å². The van der Waals surface area contributed by atoms with E-state index in [4.69, 9.17) is 0 Å². The van der Waals surface area contributed by atoms with E-state index < -0.39 is 0 Å². The molecular weight excluding hydrogens is 190 g/mol. The van der Waals surface area contributed by atoms with Crippen molar-refractivity contribution in [3.8, 4) is 0 Å². The topological polar surface area (TPSA) is 20.3 Å². The van der Waals surface area contributed by atoms with Gasteiger partial charge in [-0.05, 0) is 20.1 Å². The lowest BCUT2D eigenvalue weighted by molar-refractivity contribution is -0.130. The molecule has 1 amide bonds. The third-order valence-electron chi connectivity index (χ3n) is 1.77. The van der Waals surface area contributed by atoms with Gasteiger partial charge in [-0.25, -0.2) is 0 Å². The third-order valence-corrected chi connectivity index (χ3v) is 2.81. The van der Waals surface area contributed by atoms with Crippen molar-refractivity contribution >= 4 is 30.3 Å². The summed E-state index contributed by atoms with van der Waals surface area (Å²) in [6.07, 6.45) is 2.04. The van der Waals surface area contributed by atoms with Crippen molar-refractivity contribution in [1.29, 1.82) is 0 Å². The second kappa shape index (κ2) is 5.75. The minimum atomic E-state index is -0.195. The highest BCUT2D eigenvalue weighted by molar-refractivity contribution is 7.98. The smallest absolute Gasteiger partial charge is 0.235 e. The van der Waals surface area contributed by atoms with Gasteiger partial charge in [0.25, 0.3) is 0 Å². The van der Waals surface area contributed by atoms with E-state index in [1.165, 1.54) is 0 Å². The van der Waals surface area contributed by atoms with Crippen LogP contribution >= 0.6 is 24.4 Å². The van der Waals surface area contributed by atoms with Crippen molar-refractivity contribution in [1.82, 2.24) is 4.90 Å². The lowest BCUT2D eigenvalue weighted by Crippen LogP contribution is -2.40. The number of carbonyl (C=O) groups is 1. The zero-order chi connectivity index (χ0) is 9.72. The predicted octanol–water partition coefficient (Wildman–Crippen LogP) is 1.51. The van der Waals surface area contributed by atoms with Crippen LogP contribution in [0.15, 0.2) is 0 Å². The Morgan fingerprint density at radius 2 is 2.08 bits per heavy atom. The van der Waals surface area contributed by atoms with E-state index in [0.29, 0.717) is 6.04 Å². The van der Waals surface area contributed by atoms with Gasteiger partial charge < -0.3 is 4.90 Å². The number of thioether (sulfide) groups is 1. The Hall–Kier alpha value is 0.170. The highest BCUT2D eigenvalue weighted by Gasteiger charge is 2.18. The Morgan fingerprint density at radius 1 is 1.58 bits per heavy atom. The summed E-state index contributed by atoms with van der Waals surface area (Å²) < 4.78 is 0. The van der Waals surface area contributed by atoms with Gasteiger partial charge in [-0.15, -0.1) is 0 Å². The summed E-state index contributed by atoms with van der Waals surface area (Å²) in [7, 11) is 1.83. The first-order chi connectivity index (χ1) is 5.50. The van der Waals surface area contributed by atoms with Gasteiger partial charge in [0.05, 0.1) is 5.25 Å². The standard InChI is InChI=1S/C8H17NOS2/c1-6(5-12-4)9(3)8(10)7(2)11/h6-7,11H,5H2,1-4H3. The Labute approximate surface area is 84.5 Å². The Morgan fingerprint density at radius 3 is 2.42 bits per heavy atom. The average molecular weight is 207 g/mol. The molecule has 0 aliphatic rings. The van der Waals surface area contributed by atoms with E-state index in [2.05, 4.69) is 12.6 Å². The third kappa shape index (κ3) is 3.72. The first kappa shape index (κ1) is 12.2. The summed E-state index contributed by atoms with van der Waals surface area (Å²) in [4.78, 5) is 13.2. The quantitative estimate of drug-likeness (QED) is 0.705. The van der Waals surface area contributed by atoms with E-state index >= 15 is 0 Å². The average Bonchev–Trinajstić information content (AvgIpc) is 2.02. The van der Waals surface area contributed by atoms with Gasteiger partial charge in [0.1, 0.15) is 0 Å². The summed E-state index contributed by atoms with van der Waals surface area (Å²) >= 11 is 5.85. The van der Waals surface area contributed by atoms with Crippen LogP contribution in [-0.2, 0) is 4.79 Å². The van der Waals surface area contributed by atoms with E-state index in [9.17, 15) is 4.79 Å². The van der Waals surface area contributed by atoms with Crippen molar-refractivity contribution in [3.63, 3.8) is 0 Å². The van der Waals surface area contributed by atoms with Crippen molar-refractivity contribution in [2.24, 2.45) is 0 Å². The maximum atomic E-state index is 11.4. The van der Waals surface area contributed by atoms with Crippen molar-refractivity contribution in [3.05, 3.63) is 0 Å². The predicted molar refractivity (Wildman–Crippen MR) is 59.1 cm³/mol. The van der Waals surface area contributed by atoms with Gasteiger partial charge in [-0.1, -0.05) is 0 Å². The summed E-state index contributed by atoms with van der Waals surface area (Å²) in [5.41, 5.74) is 0. The molecule has 2 unspecified atom stereocenters. The zero-order valence-electron chi connectivity index (χ0n) is 8.07. The number of hydrogen-bond donors (Lipinski definition) is 1. The normalized spacial score (nSPS) is 15.4. The molecule has 0 aromatic heterocycles. The molecule has 0 bridgehead atoms. The van der Waals surface area contributed by atoms with Crippen LogP contribution in [0.2, 0.25) is 0 Å². The Balaban J connectivity index is 4.00. The molecule has 0 radical (unpaired) electrons. The second-order valence-corrected chi connectivity index (χ2v) is 4.61.